The second kappa shape index (κ2) is 12.6. The monoisotopic (exact) mass is 447 g/mol. The maximum atomic E-state index is 12.5. The third-order valence-electron chi connectivity index (χ3n) is 4.14. The van der Waals surface area contributed by atoms with E-state index in [4.69, 9.17) is 24.4 Å². The van der Waals surface area contributed by atoms with Crippen LogP contribution in [0.25, 0.3) is 0 Å². The summed E-state index contributed by atoms with van der Waals surface area (Å²) in [6, 6.07) is 13.9. The van der Waals surface area contributed by atoms with Gasteiger partial charge in [0.2, 0.25) is 0 Å². The van der Waals surface area contributed by atoms with Gasteiger partial charge in [0.25, 0.3) is 0 Å². The average molecular weight is 448 g/mol. The van der Waals surface area contributed by atoms with Crippen molar-refractivity contribution in [2.45, 2.75) is 17.1 Å². The van der Waals surface area contributed by atoms with E-state index in [1.807, 2.05) is 18.4 Å². The highest BCUT2D eigenvalue weighted by atomic mass is 32.2. The van der Waals surface area contributed by atoms with E-state index < -0.39 is 24.3 Å². The zero-order chi connectivity index (χ0) is 22.6. The summed E-state index contributed by atoms with van der Waals surface area (Å²) in [5.74, 6) is -0.614. The van der Waals surface area contributed by atoms with Crippen LogP contribution in [0, 0.1) is 0 Å². The minimum atomic E-state index is -1.15. The number of rotatable bonds is 11. The van der Waals surface area contributed by atoms with Gasteiger partial charge in [0.1, 0.15) is 18.5 Å². The fourth-order valence-corrected chi connectivity index (χ4v) is 3.07. The molecule has 1 amide bonds. The molecule has 2 atom stereocenters. The maximum Gasteiger partial charge on any atom is 0.412 e. The van der Waals surface area contributed by atoms with Crippen molar-refractivity contribution in [3.8, 4) is 5.75 Å². The van der Waals surface area contributed by atoms with Crippen molar-refractivity contribution in [1.29, 1.82) is 0 Å². The number of carbonyl (C=O) groups is 2. The normalized spacial score (nSPS) is 12.9. The Bertz CT molecular complexity index is 868. The van der Waals surface area contributed by atoms with Crippen LogP contribution in [-0.4, -0.2) is 55.0 Å². The van der Waals surface area contributed by atoms with Crippen molar-refractivity contribution >= 4 is 29.5 Å². The largest absolute Gasteiger partial charge is 0.491 e. The lowest BCUT2D eigenvalue weighted by atomic mass is 10.0. The number of aliphatic hydroxyl groups is 1. The highest BCUT2D eigenvalue weighted by Crippen LogP contribution is 2.27. The number of ether oxygens (including phenoxy) is 3. The number of benzene rings is 2. The van der Waals surface area contributed by atoms with Gasteiger partial charge in [-0.05, 0) is 54.3 Å². The molecule has 9 heteroatoms. The predicted octanol–water partition coefficient (Wildman–Crippen LogP) is 3.73. The molecule has 0 aromatic heterocycles. The average Bonchev–Trinajstić information content (AvgIpc) is 2.78. The molecule has 2 aromatic carbocycles. The summed E-state index contributed by atoms with van der Waals surface area (Å²) in [7, 11) is 1.39. The van der Waals surface area contributed by atoms with Crippen LogP contribution >= 0.6 is 11.8 Å². The molecule has 0 aliphatic heterocycles. The summed E-state index contributed by atoms with van der Waals surface area (Å²) >= 11 is 1.58. The molecular weight excluding hydrogens is 422 g/mol. The molecule has 0 fully saturated rings. The van der Waals surface area contributed by atoms with Crippen LogP contribution in [0.2, 0.25) is 0 Å². The van der Waals surface area contributed by atoms with Gasteiger partial charge in [-0.2, -0.15) is 0 Å². The Morgan fingerprint density at radius 1 is 1.13 bits per heavy atom. The first kappa shape index (κ1) is 24.3. The number of amides is 1. The highest BCUT2D eigenvalue weighted by Gasteiger charge is 2.26. The number of thioether (sulfide) groups is 1. The number of hydrogen-bond acceptors (Lipinski definition) is 7. The van der Waals surface area contributed by atoms with E-state index in [-0.39, 0.29) is 13.2 Å². The lowest BCUT2D eigenvalue weighted by Gasteiger charge is -2.24. The molecule has 0 heterocycles. The fraction of sp³-hybridized carbons (Fsp3) is 0.273. The maximum absolute atomic E-state index is 12.5. The molecule has 0 aliphatic carbocycles. The number of anilines is 1. The zero-order valence-electron chi connectivity index (χ0n) is 17.2. The summed E-state index contributed by atoms with van der Waals surface area (Å²) in [5.41, 5.74) is 1.13. The second-order valence-corrected chi connectivity index (χ2v) is 7.10. The summed E-state index contributed by atoms with van der Waals surface area (Å²) in [4.78, 5) is 24.5. The van der Waals surface area contributed by atoms with Gasteiger partial charge in [-0.15, -0.1) is 11.8 Å². The van der Waals surface area contributed by atoms with Crippen LogP contribution in [0.3, 0.4) is 0 Å². The molecule has 0 bridgehead atoms. The number of hydrogen-bond donors (Lipinski definition) is 3. The molecule has 0 aliphatic rings. The van der Waals surface area contributed by atoms with Gasteiger partial charge >= 0.3 is 12.1 Å². The van der Waals surface area contributed by atoms with E-state index in [0.29, 0.717) is 17.0 Å². The molecule has 31 heavy (non-hydrogen) atoms. The van der Waals surface area contributed by atoms with Gasteiger partial charge in [-0.1, -0.05) is 12.1 Å². The third-order valence-corrected chi connectivity index (χ3v) is 4.88. The van der Waals surface area contributed by atoms with Gasteiger partial charge in [0, 0.05) is 23.8 Å². The Kier molecular flexibility index (Phi) is 9.89. The van der Waals surface area contributed by atoms with E-state index in [1.54, 1.807) is 48.2 Å². The van der Waals surface area contributed by atoms with E-state index >= 15 is 0 Å². The van der Waals surface area contributed by atoms with Crippen molar-refractivity contribution in [2.24, 2.45) is 0 Å². The number of aliphatic hydroxyl groups excluding tert-OH is 1. The molecule has 0 unspecified atom stereocenters. The van der Waals surface area contributed by atoms with Crippen LogP contribution in [0.15, 0.2) is 65.6 Å². The number of nitrogens with one attached hydrogen (secondary N) is 1. The van der Waals surface area contributed by atoms with Crippen molar-refractivity contribution in [3.63, 3.8) is 0 Å². The van der Waals surface area contributed by atoms with Gasteiger partial charge in [-0.25, -0.2) is 9.59 Å². The summed E-state index contributed by atoms with van der Waals surface area (Å²) in [6.07, 6.45) is 1.72. The Hall–Kier alpha value is -3.01. The Balaban J connectivity index is 2.21. The molecule has 2 rings (SSSR count). The Labute approximate surface area is 184 Å². The highest BCUT2D eigenvalue weighted by molar-refractivity contribution is 7.98. The Morgan fingerprint density at radius 3 is 2.35 bits per heavy atom. The standard InChI is InChI=1S/C22H25NO7S/c1-28-19(11-12-20(25)26)21(15-3-7-17(8-4-15)29-14-13-24)30-22(27)23-16-5-9-18(31-2)10-6-16/h3-12,19,21,24H,13-14H2,1-2H3,(H,23,27)(H,25,26)/b12-11+/t19-,21-/m0/s1. The van der Waals surface area contributed by atoms with Gasteiger partial charge in [-0.3, -0.25) is 5.32 Å². The van der Waals surface area contributed by atoms with Crippen molar-refractivity contribution in [3.05, 3.63) is 66.2 Å². The number of methoxy groups -OCH3 is 1. The number of carboxylic acids is 1. The van der Waals surface area contributed by atoms with Gasteiger partial charge in [0.15, 0.2) is 6.10 Å². The first-order valence-electron chi connectivity index (χ1n) is 9.36. The lowest BCUT2D eigenvalue weighted by Crippen LogP contribution is -2.27. The first-order valence-corrected chi connectivity index (χ1v) is 10.6. The molecule has 0 saturated heterocycles. The van der Waals surface area contributed by atoms with Crippen LogP contribution in [0.1, 0.15) is 11.7 Å². The molecule has 2 aromatic rings. The number of carbonyl (C=O) groups excluding carboxylic acids is 1. The van der Waals surface area contributed by atoms with E-state index in [0.717, 1.165) is 11.0 Å². The van der Waals surface area contributed by atoms with Crippen LogP contribution in [0.4, 0.5) is 10.5 Å². The quantitative estimate of drug-likeness (QED) is 0.353. The van der Waals surface area contributed by atoms with Crippen LogP contribution in [-0.2, 0) is 14.3 Å². The Morgan fingerprint density at radius 2 is 1.81 bits per heavy atom. The van der Waals surface area contributed by atoms with Gasteiger partial charge in [0.05, 0.1) is 6.61 Å². The zero-order valence-corrected chi connectivity index (χ0v) is 18.0. The SMILES string of the molecule is CO[C@@H](/C=C/C(=O)O)[C@@H](OC(=O)Nc1ccc(SC)cc1)c1ccc(OCCO)cc1. The van der Waals surface area contributed by atoms with Crippen LogP contribution in [0.5, 0.6) is 5.75 Å². The van der Waals surface area contributed by atoms with Crippen molar-refractivity contribution in [1.82, 2.24) is 0 Å². The summed E-state index contributed by atoms with van der Waals surface area (Å²) in [5, 5.41) is 20.5. The van der Waals surface area contributed by atoms with E-state index in [1.165, 1.54) is 13.2 Å². The molecule has 166 valence electrons. The van der Waals surface area contributed by atoms with Crippen LogP contribution < -0.4 is 10.1 Å². The second-order valence-electron chi connectivity index (χ2n) is 6.22. The first-order chi connectivity index (χ1) is 15.0. The molecule has 8 nitrogen and oxygen atoms in total. The topological polar surface area (TPSA) is 114 Å². The fourth-order valence-electron chi connectivity index (χ4n) is 2.66. The van der Waals surface area contributed by atoms with Crippen molar-refractivity contribution < 1.29 is 34.0 Å². The molecule has 0 spiro atoms. The molecule has 0 saturated carbocycles. The van der Waals surface area contributed by atoms with Crippen molar-refractivity contribution in [2.75, 3.05) is 31.9 Å². The summed E-state index contributed by atoms with van der Waals surface area (Å²) < 4.78 is 16.3. The van der Waals surface area contributed by atoms with E-state index in [9.17, 15) is 9.59 Å². The minimum absolute atomic E-state index is 0.114. The van der Waals surface area contributed by atoms with E-state index in [2.05, 4.69) is 5.32 Å². The summed E-state index contributed by atoms with van der Waals surface area (Å²) in [6.45, 7) is 0.0381. The van der Waals surface area contributed by atoms with Gasteiger partial charge < -0.3 is 24.4 Å². The molecular formula is C22H25NO7S. The number of aliphatic carboxylic acids is 1. The predicted molar refractivity (Wildman–Crippen MR) is 118 cm³/mol. The molecule has 0 radical (unpaired) electrons. The number of carboxylic acid groups (broad SMARTS) is 1. The minimum Gasteiger partial charge on any atom is -0.491 e. The third kappa shape index (κ3) is 7.97. The lowest BCUT2D eigenvalue weighted by molar-refractivity contribution is -0.131. The smallest absolute Gasteiger partial charge is 0.412 e. The molecule has 3 N–H and O–H groups in total.